The van der Waals surface area contributed by atoms with Crippen molar-refractivity contribution < 1.29 is 9.53 Å². The van der Waals surface area contributed by atoms with Gasteiger partial charge >= 0.3 is 0 Å². The lowest BCUT2D eigenvalue weighted by atomic mass is 9.47. The summed E-state index contributed by atoms with van der Waals surface area (Å²) < 4.78 is 5.34. The second-order valence-electron chi connectivity index (χ2n) is 8.38. The molecule has 0 spiro atoms. The zero-order valence-corrected chi connectivity index (χ0v) is 17.8. The number of carbonyl (C=O) groups is 1. The highest BCUT2D eigenvalue weighted by molar-refractivity contribution is 5.99. The number of rotatable bonds is 6. The van der Waals surface area contributed by atoms with Crippen molar-refractivity contribution in [3.05, 3.63) is 113 Å². The molecule has 2 heteroatoms. The minimum atomic E-state index is -0.195. The van der Waals surface area contributed by atoms with Crippen LogP contribution in [0.4, 0.5) is 0 Å². The summed E-state index contributed by atoms with van der Waals surface area (Å²) in [4.78, 5) is 13.6. The third kappa shape index (κ3) is 3.47. The molecule has 0 N–H and O–H groups in total. The SMILES string of the molecule is COc1cccc(C(=O)C2CC(c3ccccc3)(c3ccccc3)C2C=C(C)C)c1. The molecule has 0 saturated heterocycles. The molecule has 1 aliphatic rings. The van der Waals surface area contributed by atoms with Gasteiger partial charge in [0.15, 0.2) is 5.78 Å². The fourth-order valence-electron chi connectivity index (χ4n) is 4.92. The highest BCUT2D eigenvalue weighted by Crippen LogP contribution is 2.58. The van der Waals surface area contributed by atoms with Crippen LogP contribution in [0.2, 0.25) is 0 Å². The van der Waals surface area contributed by atoms with Gasteiger partial charge in [0.1, 0.15) is 5.75 Å². The van der Waals surface area contributed by atoms with Crippen molar-refractivity contribution in [3.8, 4) is 5.75 Å². The average molecular weight is 397 g/mol. The van der Waals surface area contributed by atoms with E-state index in [-0.39, 0.29) is 23.0 Å². The molecule has 3 aromatic rings. The number of ketones is 1. The number of hydrogen-bond acceptors (Lipinski definition) is 2. The van der Waals surface area contributed by atoms with Crippen molar-refractivity contribution in [2.45, 2.75) is 25.7 Å². The van der Waals surface area contributed by atoms with Gasteiger partial charge in [-0.15, -0.1) is 0 Å². The minimum absolute atomic E-state index is 0.0626. The summed E-state index contributed by atoms with van der Waals surface area (Å²) in [5.74, 6) is 0.952. The molecule has 1 saturated carbocycles. The highest BCUT2D eigenvalue weighted by atomic mass is 16.5. The molecule has 0 amide bonds. The Morgan fingerprint density at radius 2 is 1.50 bits per heavy atom. The van der Waals surface area contributed by atoms with Crippen molar-refractivity contribution in [1.29, 1.82) is 0 Å². The van der Waals surface area contributed by atoms with E-state index in [4.69, 9.17) is 4.74 Å². The van der Waals surface area contributed by atoms with Crippen molar-refractivity contribution >= 4 is 5.78 Å². The van der Waals surface area contributed by atoms with Crippen LogP contribution < -0.4 is 4.74 Å². The first-order valence-electron chi connectivity index (χ1n) is 10.5. The van der Waals surface area contributed by atoms with Gasteiger partial charge in [0.2, 0.25) is 0 Å². The maximum atomic E-state index is 13.6. The Balaban J connectivity index is 1.81. The van der Waals surface area contributed by atoms with Crippen LogP contribution in [-0.4, -0.2) is 12.9 Å². The molecule has 30 heavy (non-hydrogen) atoms. The molecule has 0 aromatic heterocycles. The van der Waals surface area contributed by atoms with E-state index in [0.29, 0.717) is 0 Å². The van der Waals surface area contributed by atoms with E-state index in [2.05, 4.69) is 80.6 Å². The van der Waals surface area contributed by atoms with E-state index >= 15 is 0 Å². The van der Waals surface area contributed by atoms with Crippen LogP contribution in [0.1, 0.15) is 41.8 Å². The number of Topliss-reactive ketones (excluding diaryl/α,β-unsaturated/α-hetero) is 1. The highest BCUT2D eigenvalue weighted by Gasteiger charge is 2.57. The number of hydrogen-bond donors (Lipinski definition) is 0. The fourth-order valence-corrected chi connectivity index (χ4v) is 4.92. The zero-order valence-electron chi connectivity index (χ0n) is 17.8. The van der Waals surface area contributed by atoms with E-state index in [1.807, 2.05) is 24.3 Å². The molecule has 2 atom stereocenters. The van der Waals surface area contributed by atoms with E-state index in [1.54, 1.807) is 7.11 Å². The summed E-state index contributed by atoms with van der Waals surface area (Å²) in [6.07, 6.45) is 3.09. The maximum absolute atomic E-state index is 13.6. The van der Waals surface area contributed by atoms with Crippen LogP contribution >= 0.6 is 0 Å². The number of ether oxygens (including phenoxy) is 1. The molecule has 2 nitrogen and oxygen atoms in total. The van der Waals surface area contributed by atoms with Crippen LogP contribution in [0, 0.1) is 11.8 Å². The summed E-state index contributed by atoms with van der Waals surface area (Å²) in [5, 5.41) is 0. The molecule has 0 heterocycles. The van der Waals surface area contributed by atoms with Gasteiger partial charge in [0.25, 0.3) is 0 Å². The van der Waals surface area contributed by atoms with Gasteiger partial charge in [-0.25, -0.2) is 0 Å². The van der Waals surface area contributed by atoms with Gasteiger partial charge in [0, 0.05) is 22.8 Å². The van der Waals surface area contributed by atoms with E-state index < -0.39 is 0 Å². The van der Waals surface area contributed by atoms with Crippen LogP contribution in [0.25, 0.3) is 0 Å². The molecule has 2 unspecified atom stereocenters. The molecule has 1 aliphatic carbocycles. The Morgan fingerprint density at radius 3 is 2.03 bits per heavy atom. The zero-order chi connectivity index (χ0) is 21.1. The fraction of sp³-hybridized carbons (Fsp3) is 0.250. The molecule has 0 bridgehead atoms. The first-order chi connectivity index (χ1) is 14.6. The lowest BCUT2D eigenvalue weighted by Gasteiger charge is -2.55. The van der Waals surface area contributed by atoms with Gasteiger partial charge in [-0.2, -0.15) is 0 Å². The Morgan fingerprint density at radius 1 is 0.900 bits per heavy atom. The largest absolute Gasteiger partial charge is 0.497 e. The number of carbonyl (C=O) groups excluding carboxylic acids is 1. The maximum Gasteiger partial charge on any atom is 0.166 e. The minimum Gasteiger partial charge on any atom is -0.497 e. The van der Waals surface area contributed by atoms with Gasteiger partial charge in [-0.05, 0) is 43.5 Å². The molecule has 1 fully saturated rings. The van der Waals surface area contributed by atoms with Crippen molar-refractivity contribution in [2.24, 2.45) is 11.8 Å². The predicted octanol–water partition coefficient (Wildman–Crippen LogP) is 6.47. The summed E-state index contributed by atoms with van der Waals surface area (Å²) >= 11 is 0. The van der Waals surface area contributed by atoms with Gasteiger partial charge in [-0.3, -0.25) is 4.79 Å². The Hall–Kier alpha value is -3.13. The smallest absolute Gasteiger partial charge is 0.166 e. The van der Waals surface area contributed by atoms with Crippen LogP contribution in [0.3, 0.4) is 0 Å². The molecule has 0 radical (unpaired) electrons. The topological polar surface area (TPSA) is 26.3 Å². The predicted molar refractivity (Wildman–Crippen MR) is 122 cm³/mol. The monoisotopic (exact) mass is 396 g/mol. The summed E-state index contributed by atoms with van der Waals surface area (Å²) in [5.41, 5.74) is 4.31. The second kappa shape index (κ2) is 8.31. The van der Waals surface area contributed by atoms with Gasteiger partial charge in [0.05, 0.1) is 7.11 Å². The van der Waals surface area contributed by atoms with E-state index in [9.17, 15) is 4.79 Å². The molecular weight excluding hydrogens is 368 g/mol. The average Bonchev–Trinajstić information content (AvgIpc) is 2.78. The van der Waals surface area contributed by atoms with Crippen molar-refractivity contribution in [1.82, 2.24) is 0 Å². The standard InChI is InChI=1S/C28H28O2/c1-20(2)17-26-25(27(29)21-11-10-16-24(18-21)30-3)19-28(26,22-12-6-4-7-13-22)23-14-8-5-9-15-23/h4-18,25-26H,19H2,1-3H3. The first kappa shape index (κ1) is 20.2. The second-order valence-corrected chi connectivity index (χ2v) is 8.38. The third-order valence-corrected chi connectivity index (χ3v) is 6.33. The number of benzene rings is 3. The normalized spacial score (nSPS) is 19.4. The number of methoxy groups -OCH3 is 1. The Bertz CT molecular complexity index is 1010. The van der Waals surface area contributed by atoms with Gasteiger partial charge in [-0.1, -0.05) is 84.4 Å². The van der Waals surface area contributed by atoms with Crippen molar-refractivity contribution in [2.75, 3.05) is 7.11 Å². The Kier molecular flexibility index (Phi) is 5.59. The van der Waals surface area contributed by atoms with E-state index in [1.165, 1.54) is 16.7 Å². The van der Waals surface area contributed by atoms with Gasteiger partial charge < -0.3 is 4.74 Å². The van der Waals surface area contributed by atoms with Crippen molar-refractivity contribution in [3.63, 3.8) is 0 Å². The van der Waals surface area contributed by atoms with Crippen LogP contribution in [0.15, 0.2) is 96.6 Å². The summed E-state index contributed by atoms with van der Waals surface area (Å²) in [7, 11) is 1.63. The lowest BCUT2D eigenvalue weighted by molar-refractivity contribution is 0.0597. The molecule has 0 aliphatic heterocycles. The number of allylic oxidation sites excluding steroid dienone is 2. The molecule has 152 valence electrons. The van der Waals surface area contributed by atoms with Crippen LogP contribution in [0.5, 0.6) is 5.75 Å². The quantitative estimate of drug-likeness (QED) is 0.353. The van der Waals surface area contributed by atoms with Crippen LogP contribution in [-0.2, 0) is 5.41 Å². The molecular formula is C28H28O2. The summed E-state index contributed by atoms with van der Waals surface area (Å²) in [6, 6.07) is 28.8. The third-order valence-electron chi connectivity index (χ3n) is 6.33. The Labute approximate surface area is 179 Å². The molecule has 3 aromatic carbocycles. The summed E-state index contributed by atoms with van der Waals surface area (Å²) in [6.45, 7) is 4.23. The first-order valence-corrected chi connectivity index (χ1v) is 10.5. The molecule has 4 rings (SSSR count). The lowest BCUT2D eigenvalue weighted by Crippen LogP contribution is -2.54. The van der Waals surface area contributed by atoms with E-state index in [0.717, 1.165) is 17.7 Å².